The third-order valence-electron chi connectivity index (χ3n) is 2.08. The quantitative estimate of drug-likeness (QED) is 0.750. The molecule has 0 fully saturated rings. The number of halogens is 1. The molecule has 0 amide bonds. The second-order valence-electron chi connectivity index (χ2n) is 4.17. The number of hydrogen-bond donors (Lipinski definition) is 1. The van der Waals surface area contributed by atoms with Crippen LogP contribution in [0.5, 0.6) is 0 Å². The maximum atomic E-state index is 9.20. The van der Waals surface area contributed by atoms with Crippen LogP contribution in [0.15, 0.2) is 18.2 Å². The van der Waals surface area contributed by atoms with Crippen molar-refractivity contribution in [1.29, 1.82) is 0 Å². The molecule has 0 unspecified atom stereocenters. The molecule has 0 saturated carbocycles. The van der Waals surface area contributed by atoms with E-state index in [1.54, 1.807) is 0 Å². The highest BCUT2D eigenvalue weighted by Gasteiger charge is 2.20. The van der Waals surface area contributed by atoms with Crippen LogP contribution in [0.1, 0.15) is 5.56 Å². The van der Waals surface area contributed by atoms with Gasteiger partial charge in [-0.25, -0.2) is 0 Å². The molecule has 0 aliphatic heterocycles. The maximum Gasteiger partial charge on any atom is 0.0781 e. The Kier molecular flexibility index (Phi) is 3.17. The van der Waals surface area contributed by atoms with Gasteiger partial charge in [0.05, 0.1) is 14.7 Å². The van der Waals surface area contributed by atoms with Crippen molar-refractivity contribution in [3.05, 3.63) is 28.8 Å². The van der Waals surface area contributed by atoms with Gasteiger partial charge in [-0.3, -0.25) is 0 Å². The summed E-state index contributed by atoms with van der Waals surface area (Å²) >= 11 is 6.00. The first-order chi connectivity index (χ1) is 5.96. The van der Waals surface area contributed by atoms with Gasteiger partial charge in [-0.1, -0.05) is 48.6 Å². The van der Waals surface area contributed by atoms with Gasteiger partial charge < -0.3 is 5.11 Å². The average Bonchev–Trinajstić information content (AvgIpc) is 2.02. The van der Waals surface area contributed by atoms with Crippen LogP contribution >= 0.6 is 11.6 Å². The summed E-state index contributed by atoms with van der Waals surface area (Å²) < 4.78 is 0. The molecule has 1 aromatic rings. The normalized spacial score (nSPS) is 11.8. The minimum Gasteiger partial charge on any atom is -0.392 e. The zero-order valence-corrected chi connectivity index (χ0v) is 10.0. The highest BCUT2D eigenvalue weighted by atomic mass is 35.5. The van der Waals surface area contributed by atoms with Crippen LogP contribution in [-0.4, -0.2) is 13.2 Å². The van der Waals surface area contributed by atoms with Crippen molar-refractivity contribution in [3.63, 3.8) is 0 Å². The van der Waals surface area contributed by atoms with Gasteiger partial charge in [-0.15, -0.1) is 0 Å². The van der Waals surface area contributed by atoms with Crippen LogP contribution in [-0.2, 0) is 6.61 Å². The molecule has 1 aromatic carbocycles. The van der Waals surface area contributed by atoms with Gasteiger partial charge >= 0.3 is 0 Å². The number of hydrogen-bond acceptors (Lipinski definition) is 1. The Hall–Kier alpha value is -0.313. The summed E-state index contributed by atoms with van der Waals surface area (Å²) in [4.78, 5) is 0. The zero-order valence-electron chi connectivity index (χ0n) is 8.26. The fraction of sp³-hybridized carbons (Fsp3) is 0.400. The van der Waals surface area contributed by atoms with Crippen molar-refractivity contribution >= 4 is 24.9 Å². The topological polar surface area (TPSA) is 20.2 Å². The molecule has 13 heavy (non-hydrogen) atoms. The van der Waals surface area contributed by atoms with E-state index < -0.39 is 8.07 Å². The Morgan fingerprint density at radius 1 is 1.31 bits per heavy atom. The van der Waals surface area contributed by atoms with Crippen molar-refractivity contribution in [2.24, 2.45) is 0 Å². The molecule has 0 aromatic heterocycles. The second kappa shape index (κ2) is 3.82. The fourth-order valence-corrected chi connectivity index (χ4v) is 3.45. The molecule has 72 valence electrons. The van der Waals surface area contributed by atoms with Gasteiger partial charge in [0.15, 0.2) is 0 Å². The minimum absolute atomic E-state index is 0.0409. The predicted molar refractivity (Wildman–Crippen MR) is 60.4 cm³/mol. The molecule has 0 atom stereocenters. The Balaban J connectivity index is 3.29. The molecule has 1 nitrogen and oxygen atoms in total. The molecule has 1 rings (SSSR count). The van der Waals surface area contributed by atoms with E-state index in [2.05, 4.69) is 25.7 Å². The standard InChI is InChI=1S/C10H15ClOSi/c1-13(2,3)10-6-4-5-9(11)8(10)7-12/h4-6,12H,7H2,1-3H3. The van der Waals surface area contributed by atoms with Crippen molar-refractivity contribution in [2.75, 3.05) is 0 Å². The lowest BCUT2D eigenvalue weighted by atomic mass is 10.2. The summed E-state index contributed by atoms with van der Waals surface area (Å²) in [6.45, 7) is 6.78. The molecule has 0 aliphatic rings. The molecular weight excluding hydrogens is 200 g/mol. The molecule has 0 saturated heterocycles. The summed E-state index contributed by atoms with van der Waals surface area (Å²) in [7, 11) is -1.37. The first-order valence-corrected chi connectivity index (χ1v) is 8.23. The molecule has 3 heteroatoms. The van der Waals surface area contributed by atoms with Gasteiger partial charge in [0.2, 0.25) is 0 Å². The Morgan fingerprint density at radius 3 is 2.31 bits per heavy atom. The summed E-state index contributed by atoms with van der Waals surface area (Å²) in [5.41, 5.74) is 0.906. The number of aliphatic hydroxyl groups excluding tert-OH is 1. The molecule has 0 aliphatic carbocycles. The van der Waals surface area contributed by atoms with E-state index in [9.17, 15) is 5.11 Å². The van der Waals surface area contributed by atoms with Gasteiger partial charge in [-0.2, -0.15) is 0 Å². The molecule has 0 heterocycles. The molecule has 0 bridgehead atoms. The minimum atomic E-state index is -1.37. The van der Waals surface area contributed by atoms with Crippen LogP contribution in [0, 0.1) is 0 Å². The van der Waals surface area contributed by atoms with Crippen LogP contribution in [0.4, 0.5) is 0 Å². The smallest absolute Gasteiger partial charge is 0.0781 e. The first kappa shape index (κ1) is 10.8. The largest absolute Gasteiger partial charge is 0.392 e. The van der Waals surface area contributed by atoms with E-state index >= 15 is 0 Å². The number of aliphatic hydroxyl groups is 1. The third kappa shape index (κ3) is 2.33. The van der Waals surface area contributed by atoms with Crippen LogP contribution in [0.25, 0.3) is 0 Å². The molecule has 0 radical (unpaired) electrons. The fourth-order valence-electron chi connectivity index (χ4n) is 1.42. The van der Waals surface area contributed by atoms with Crippen LogP contribution in [0.2, 0.25) is 24.7 Å². The Labute approximate surface area is 85.4 Å². The van der Waals surface area contributed by atoms with Crippen LogP contribution in [0.3, 0.4) is 0 Å². The summed E-state index contributed by atoms with van der Waals surface area (Å²) in [6, 6.07) is 5.86. The lowest BCUT2D eigenvalue weighted by molar-refractivity contribution is 0.283. The molecular formula is C10H15ClOSi. The average molecular weight is 215 g/mol. The van der Waals surface area contributed by atoms with Crippen molar-refractivity contribution < 1.29 is 5.11 Å². The SMILES string of the molecule is C[Si](C)(C)c1cccc(Cl)c1CO. The van der Waals surface area contributed by atoms with E-state index in [0.717, 1.165) is 5.56 Å². The van der Waals surface area contributed by atoms with E-state index in [0.29, 0.717) is 5.02 Å². The lowest BCUT2D eigenvalue weighted by Gasteiger charge is -2.20. The summed E-state index contributed by atoms with van der Waals surface area (Å²) in [5, 5.41) is 11.1. The first-order valence-electron chi connectivity index (χ1n) is 4.35. The molecule has 0 spiro atoms. The summed E-state index contributed by atoms with van der Waals surface area (Å²) in [5.74, 6) is 0. The lowest BCUT2D eigenvalue weighted by Crippen LogP contribution is -2.40. The number of benzene rings is 1. The van der Waals surface area contributed by atoms with Crippen molar-refractivity contribution in [1.82, 2.24) is 0 Å². The van der Waals surface area contributed by atoms with Crippen molar-refractivity contribution in [2.45, 2.75) is 26.2 Å². The summed E-state index contributed by atoms with van der Waals surface area (Å²) in [6.07, 6.45) is 0. The van der Waals surface area contributed by atoms with Crippen molar-refractivity contribution in [3.8, 4) is 0 Å². The van der Waals surface area contributed by atoms with Gasteiger partial charge in [-0.05, 0) is 11.6 Å². The highest BCUT2D eigenvalue weighted by Crippen LogP contribution is 2.16. The maximum absolute atomic E-state index is 9.20. The van der Waals surface area contributed by atoms with E-state index in [1.165, 1.54) is 5.19 Å². The van der Waals surface area contributed by atoms with Gasteiger partial charge in [0.25, 0.3) is 0 Å². The third-order valence-corrected chi connectivity index (χ3v) is 4.52. The second-order valence-corrected chi connectivity index (χ2v) is 9.62. The molecule has 1 N–H and O–H groups in total. The van der Waals surface area contributed by atoms with E-state index in [4.69, 9.17) is 11.6 Å². The monoisotopic (exact) mass is 214 g/mol. The van der Waals surface area contributed by atoms with E-state index in [-0.39, 0.29) is 6.61 Å². The van der Waals surface area contributed by atoms with E-state index in [1.807, 2.05) is 12.1 Å². The zero-order chi connectivity index (χ0) is 10.1. The Morgan fingerprint density at radius 2 is 1.92 bits per heavy atom. The van der Waals surface area contributed by atoms with Gasteiger partial charge in [0.1, 0.15) is 0 Å². The van der Waals surface area contributed by atoms with Gasteiger partial charge in [0, 0.05) is 5.02 Å². The number of rotatable bonds is 2. The highest BCUT2D eigenvalue weighted by molar-refractivity contribution is 6.89. The van der Waals surface area contributed by atoms with Crippen LogP contribution < -0.4 is 5.19 Å². The predicted octanol–water partition coefficient (Wildman–Crippen LogP) is 2.38. The Bertz CT molecular complexity index is 304.